The lowest BCUT2D eigenvalue weighted by molar-refractivity contribution is 0.0992. The molecule has 0 unspecified atom stereocenters. The summed E-state index contributed by atoms with van der Waals surface area (Å²) in [7, 11) is 0. The van der Waals surface area contributed by atoms with Crippen LogP contribution in [-0.4, -0.2) is 5.78 Å². The van der Waals surface area contributed by atoms with Crippen molar-refractivity contribution < 1.29 is 4.79 Å². The number of carbonyl (C=O) groups is 1. The van der Waals surface area contributed by atoms with E-state index in [1.807, 2.05) is 6.07 Å². The number of rotatable bonds is 3. The minimum absolute atomic E-state index is 0.0896. The molecule has 0 atom stereocenters. The molecule has 2 aromatic carbocycles. The molecule has 0 aromatic heterocycles. The van der Waals surface area contributed by atoms with E-state index in [0.717, 1.165) is 10.0 Å². The Morgan fingerprint density at radius 3 is 2.47 bits per heavy atom. The third-order valence-corrected chi connectivity index (χ3v) is 4.06. The highest BCUT2D eigenvalue weighted by Gasteiger charge is 2.11. The summed E-state index contributed by atoms with van der Waals surface area (Å²) < 4.78 is 0.744. The Bertz CT molecular complexity index is 635. The maximum absolute atomic E-state index is 12.3. The van der Waals surface area contributed by atoms with Gasteiger partial charge < -0.3 is 0 Å². The lowest BCUT2D eigenvalue weighted by Gasteiger charge is -2.07. The Morgan fingerprint density at radius 2 is 1.84 bits per heavy atom. The third kappa shape index (κ3) is 3.46. The number of Topliss-reactive ketones (excluding diaryl/α,β-unsaturated/α-hetero) is 1. The lowest BCUT2D eigenvalue weighted by atomic mass is 10.00. The van der Waals surface area contributed by atoms with Crippen molar-refractivity contribution in [3.8, 4) is 0 Å². The Hall–Kier alpha value is -1.12. The summed E-state index contributed by atoms with van der Waals surface area (Å²) in [5.41, 5.74) is 4.15. The predicted octanol–water partition coefficient (Wildman–Crippen LogP) is 5.14. The van der Waals surface area contributed by atoms with E-state index in [0.29, 0.717) is 17.0 Å². The van der Waals surface area contributed by atoms with Gasteiger partial charge in [-0.1, -0.05) is 29.8 Å². The first kappa shape index (κ1) is 14.3. The van der Waals surface area contributed by atoms with Gasteiger partial charge in [-0.05, 0) is 64.7 Å². The summed E-state index contributed by atoms with van der Waals surface area (Å²) in [6, 6.07) is 11.4. The molecule has 19 heavy (non-hydrogen) atoms. The van der Waals surface area contributed by atoms with E-state index in [2.05, 4.69) is 41.9 Å². The van der Waals surface area contributed by atoms with Gasteiger partial charge in [-0.25, -0.2) is 0 Å². The van der Waals surface area contributed by atoms with Crippen LogP contribution < -0.4 is 0 Å². The van der Waals surface area contributed by atoms with E-state index < -0.39 is 0 Å². The first-order valence-corrected chi connectivity index (χ1v) is 7.19. The monoisotopic (exact) mass is 336 g/mol. The summed E-state index contributed by atoms with van der Waals surface area (Å²) in [4.78, 5) is 12.3. The number of hydrogen-bond acceptors (Lipinski definition) is 1. The topological polar surface area (TPSA) is 17.1 Å². The quantitative estimate of drug-likeness (QED) is 0.708. The van der Waals surface area contributed by atoms with Crippen molar-refractivity contribution in [2.45, 2.75) is 20.3 Å². The zero-order chi connectivity index (χ0) is 14.0. The first-order chi connectivity index (χ1) is 8.97. The number of hydrogen-bond donors (Lipinski definition) is 0. The van der Waals surface area contributed by atoms with Crippen LogP contribution in [0.1, 0.15) is 27.0 Å². The fourth-order valence-electron chi connectivity index (χ4n) is 1.91. The average Bonchev–Trinajstić information content (AvgIpc) is 2.33. The Morgan fingerprint density at radius 1 is 1.11 bits per heavy atom. The Kier molecular flexibility index (Phi) is 4.43. The van der Waals surface area contributed by atoms with Crippen molar-refractivity contribution in [2.24, 2.45) is 0 Å². The molecule has 0 radical (unpaired) electrons. The lowest BCUT2D eigenvalue weighted by Crippen LogP contribution is -2.04. The molecule has 0 amide bonds. The van der Waals surface area contributed by atoms with Crippen molar-refractivity contribution in [1.82, 2.24) is 0 Å². The van der Waals surface area contributed by atoms with E-state index in [1.165, 1.54) is 11.1 Å². The van der Waals surface area contributed by atoms with Crippen LogP contribution in [-0.2, 0) is 6.42 Å². The zero-order valence-electron chi connectivity index (χ0n) is 10.8. The molecule has 0 saturated heterocycles. The van der Waals surface area contributed by atoms with Gasteiger partial charge in [0.1, 0.15) is 0 Å². The molecule has 0 fully saturated rings. The average molecular weight is 338 g/mol. The van der Waals surface area contributed by atoms with Crippen molar-refractivity contribution in [1.29, 1.82) is 0 Å². The second-order valence-electron chi connectivity index (χ2n) is 4.64. The van der Waals surface area contributed by atoms with Crippen LogP contribution in [0.4, 0.5) is 0 Å². The molecule has 0 heterocycles. The summed E-state index contributed by atoms with van der Waals surface area (Å²) in [6.45, 7) is 4.12. The highest BCUT2D eigenvalue weighted by molar-refractivity contribution is 9.10. The van der Waals surface area contributed by atoms with Gasteiger partial charge in [0.25, 0.3) is 0 Å². The van der Waals surface area contributed by atoms with Crippen molar-refractivity contribution in [2.75, 3.05) is 0 Å². The summed E-state index contributed by atoms with van der Waals surface area (Å²) >= 11 is 9.26. The second-order valence-corrected chi connectivity index (χ2v) is 5.93. The second kappa shape index (κ2) is 5.89. The smallest absolute Gasteiger partial charge is 0.168 e. The van der Waals surface area contributed by atoms with Crippen LogP contribution in [0.3, 0.4) is 0 Å². The molecule has 0 aliphatic rings. The summed E-state index contributed by atoms with van der Waals surface area (Å²) in [5, 5.41) is 0.620. The van der Waals surface area contributed by atoms with Crippen molar-refractivity contribution >= 4 is 33.3 Å². The molecule has 0 aliphatic heterocycles. The molecule has 0 aliphatic carbocycles. The van der Waals surface area contributed by atoms with Gasteiger partial charge in [-0.3, -0.25) is 4.79 Å². The van der Waals surface area contributed by atoms with Crippen molar-refractivity contribution in [3.05, 3.63) is 68.1 Å². The van der Waals surface area contributed by atoms with Crippen LogP contribution >= 0.6 is 27.5 Å². The van der Waals surface area contributed by atoms with E-state index in [1.54, 1.807) is 18.2 Å². The minimum atomic E-state index is 0.0896. The molecule has 0 spiro atoms. The normalized spacial score (nSPS) is 10.5. The van der Waals surface area contributed by atoms with E-state index in [-0.39, 0.29) is 5.78 Å². The zero-order valence-corrected chi connectivity index (χ0v) is 13.2. The van der Waals surface area contributed by atoms with Gasteiger partial charge in [0, 0.05) is 21.5 Å². The molecule has 0 bridgehead atoms. The molecule has 0 N–H and O–H groups in total. The molecular weight excluding hydrogens is 324 g/mol. The molecule has 1 nitrogen and oxygen atoms in total. The van der Waals surface area contributed by atoms with E-state index in [4.69, 9.17) is 11.6 Å². The van der Waals surface area contributed by atoms with Crippen molar-refractivity contribution in [3.63, 3.8) is 0 Å². The molecule has 2 aromatic rings. The maximum Gasteiger partial charge on any atom is 0.168 e. The van der Waals surface area contributed by atoms with Gasteiger partial charge in [0.2, 0.25) is 0 Å². The SMILES string of the molecule is Cc1ccc(CC(=O)c2ccc(Cl)cc2Br)cc1C. The molecular formula is C16H14BrClO. The highest BCUT2D eigenvalue weighted by Crippen LogP contribution is 2.23. The van der Waals surface area contributed by atoms with Gasteiger partial charge in [-0.2, -0.15) is 0 Å². The fourth-order valence-corrected chi connectivity index (χ4v) is 2.81. The van der Waals surface area contributed by atoms with Gasteiger partial charge in [0.05, 0.1) is 0 Å². The van der Waals surface area contributed by atoms with Crippen LogP contribution in [0.25, 0.3) is 0 Å². The number of aryl methyl sites for hydroxylation is 2. The summed E-state index contributed by atoms with van der Waals surface area (Å²) in [6.07, 6.45) is 0.404. The predicted molar refractivity (Wildman–Crippen MR) is 83.1 cm³/mol. The number of ketones is 1. The van der Waals surface area contributed by atoms with Crippen LogP contribution in [0.15, 0.2) is 40.9 Å². The van der Waals surface area contributed by atoms with Gasteiger partial charge >= 0.3 is 0 Å². The van der Waals surface area contributed by atoms with E-state index >= 15 is 0 Å². The first-order valence-electron chi connectivity index (χ1n) is 6.02. The minimum Gasteiger partial charge on any atom is -0.294 e. The Labute approximate surface area is 126 Å². The standard InChI is InChI=1S/C16H14BrClO/c1-10-3-4-12(7-11(10)2)8-16(19)14-6-5-13(18)9-15(14)17/h3-7,9H,8H2,1-2H3. The largest absolute Gasteiger partial charge is 0.294 e. The molecule has 2 rings (SSSR count). The summed E-state index contributed by atoms with van der Waals surface area (Å²) in [5.74, 6) is 0.0896. The number of carbonyl (C=O) groups excluding carboxylic acids is 1. The highest BCUT2D eigenvalue weighted by atomic mass is 79.9. The van der Waals surface area contributed by atoms with E-state index in [9.17, 15) is 4.79 Å². The molecule has 0 saturated carbocycles. The third-order valence-electron chi connectivity index (χ3n) is 3.17. The molecule has 3 heteroatoms. The van der Waals surface area contributed by atoms with Crippen LogP contribution in [0, 0.1) is 13.8 Å². The number of benzene rings is 2. The Balaban J connectivity index is 2.23. The van der Waals surface area contributed by atoms with Crippen LogP contribution in [0.5, 0.6) is 0 Å². The maximum atomic E-state index is 12.3. The molecule has 98 valence electrons. The number of halogens is 2. The van der Waals surface area contributed by atoms with Crippen LogP contribution in [0.2, 0.25) is 5.02 Å². The van der Waals surface area contributed by atoms with Gasteiger partial charge in [0.15, 0.2) is 5.78 Å². The van der Waals surface area contributed by atoms with Gasteiger partial charge in [-0.15, -0.1) is 0 Å². The fraction of sp³-hybridized carbons (Fsp3) is 0.188.